The number of sulfonamides is 1. The van der Waals surface area contributed by atoms with Crippen LogP contribution in [0.15, 0.2) is 47.4 Å². The molecule has 0 saturated carbocycles. The van der Waals surface area contributed by atoms with Gasteiger partial charge in [0, 0.05) is 13.2 Å². The average Bonchev–Trinajstić information content (AvgIpc) is 2.68. The van der Waals surface area contributed by atoms with E-state index in [2.05, 4.69) is 5.32 Å². The van der Waals surface area contributed by atoms with Crippen molar-refractivity contribution in [3.63, 3.8) is 0 Å². The van der Waals surface area contributed by atoms with Crippen molar-refractivity contribution < 1.29 is 17.9 Å². The first-order chi connectivity index (χ1) is 14.1. The summed E-state index contributed by atoms with van der Waals surface area (Å²) in [5.74, 6) is -0.351. The predicted molar refractivity (Wildman–Crippen MR) is 120 cm³/mol. The number of amides is 1. The molecule has 0 heterocycles. The van der Waals surface area contributed by atoms with Crippen molar-refractivity contribution >= 4 is 21.6 Å². The number of anilines is 1. The summed E-state index contributed by atoms with van der Waals surface area (Å²) in [5.41, 5.74) is 3.18. The number of benzene rings is 2. The van der Waals surface area contributed by atoms with Crippen molar-refractivity contribution in [3.8, 4) is 0 Å². The Morgan fingerprint density at radius 3 is 2.30 bits per heavy atom. The Balaban J connectivity index is 2.25. The Labute approximate surface area is 180 Å². The van der Waals surface area contributed by atoms with Gasteiger partial charge in [0.1, 0.15) is 6.54 Å². The molecule has 0 aromatic heterocycles. The molecule has 0 radical (unpaired) electrons. The molecule has 0 unspecified atom stereocenters. The van der Waals surface area contributed by atoms with Gasteiger partial charge in [0.15, 0.2) is 0 Å². The topological polar surface area (TPSA) is 75.7 Å². The first-order valence-electron chi connectivity index (χ1n) is 10.2. The summed E-state index contributed by atoms with van der Waals surface area (Å²) in [4.78, 5) is 12.8. The van der Waals surface area contributed by atoms with Gasteiger partial charge >= 0.3 is 0 Å². The summed E-state index contributed by atoms with van der Waals surface area (Å²) in [5, 5.41) is 2.80. The quantitative estimate of drug-likeness (QED) is 0.581. The zero-order valence-corrected chi connectivity index (χ0v) is 19.3. The molecule has 2 rings (SSSR count). The molecular formula is C23H32N2O4S. The van der Waals surface area contributed by atoms with Crippen molar-refractivity contribution in [1.82, 2.24) is 5.32 Å². The zero-order chi connectivity index (χ0) is 22.3. The second kappa shape index (κ2) is 10.6. The fraction of sp³-hybridized carbons (Fsp3) is 0.435. The standard InChI is InChI=1S/C23H32N2O4S/c1-17(2)29-14-6-13-24-23(26)16-25(22-15-19(4)7-10-20(22)5)30(27,28)21-11-8-18(3)9-12-21/h7-12,15,17H,6,13-14,16H2,1-5H3,(H,24,26). The molecule has 7 heteroatoms. The summed E-state index contributed by atoms with van der Waals surface area (Å²) >= 11 is 0. The van der Waals surface area contributed by atoms with Crippen molar-refractivity contribution in [3.05, 3.63) is 59.2 Å². The second-order valence-electron chi connectivity index (χ2n) is 7.74. The van der Waals surface area contributed by atoms with E-state index in [0.29, 0.717) is 25.3 Å². The lowest BCUT2D eigenvalue weighted by Crippen LogP contribution is -2.41. The fourth-order valence-corrected chi connectivity index (χ4v) is 4.41. The number of nitrogens with one attached hydrogen (secondary N) is 1. The second-order valence-corrected chi connectivity index (χ2v) is 9.60. The van der Waals surface area contributed by atoms with Crippen LogP contribution in [0.1, 0.15) is 37.0 Å². The highest BCUT2D eigenvalue weighted by Gasteiger charge is 2.28. The third-order valence-corrected chi connectivity index (χ3v) is 6.40. The van der Waals surface area contributed by atoms with Crippen molar-refractivity contribution in [2.24, 2.45) is 0 Å². The lowest BCUT2D eigenvalue weighted by atomic mass is 10.1. The summed E-state index contributed by atoms with van der Waals surface area (Å²) in [6.07, 6.45) is 0.804. The van der Waals surface area contributed by atoms with Crippen LogP contribution in [0.3, 0.4) is 0 Å². The molecule has 0 aliphatic heterocycles. The van der Waals surface area contributed by atoms with Crippen molar-refractivity contribution in [2.45, 2.75) is 52.0 Å². The van der Waals surface area contributed by atoms with Gasteiger partial charge in [0.2, 0.25) is 5.91 Å². The minimum atomic E-state index is -3.90. The molecule has 0 fully saturated rings. The Kier molecular flexibility index (Phi) is 8.43. The molecule has 6 nitrogen and oxygen atoms in total. The Bertz CT molecular complexity index is 954. The smallest absolute Gasteiger partial charge is 0.264 e. The lowest BCUT2D eigenvalue weighted by Gasteiger charge is -2.26. The molecule has 0 spiro atoms. The van der Waals surface area contributed by atoms with Gasteiger partial charge in [-0.05, 0) is 70.4 Å². The van der Waals surface area contributed by atoms with Crippen molar-refractivity contribution in [1.29, 1.82) is 0 Å². The van der Waals surface area contributed by atoms with Crippen LogP contribution >= 0.6 is 0 Å². The van der Waals surface area contributed by atoms with E-state index in [1.54, 1.807) is 30.3 Å². The highest BCUT2D eigenvalue weighted by atomic mass is 32.2. The van der Waals surface area contributed by atoms with E-state index >= 15 is 0 Å². The third-order valence-electron chi connectivity index (χ3n) is 4.62. The molecule has 0 aliphatic carbocycles. The number of rotatable bonds is 10. The number of ether oxygens (including phenoxy) is 1. The molecule has 0 bridgehead atoms. The van der Waals surface area contributed by atoms with Gasteiger partial charge in [-0.15, -0.1) is 0 Å². The summed E-state index contributed by atoms with van der Waals surface area (Å²) in [7, 11) is -3.90. The predicted octanol–water partition coefficient (Wildman–Crippen LogP) is 3.74. The van der Waals surface area contributed by atoms with E-state index in [0.717, 1.165) is 16.7 Å². The van der Waals surface area contributed by atoms with Gasteiger partial charge in [-0.1, -0.05) is 29.8 Å². The van der Waals surface area contributed by atoms with Crippen LogP contribution in [-0.4, -0.2) is 40.1 Å². The fourth-order valence-electron chi connectivity index (χ4n) is 2.93. The Hall–Kier alpha value is -2.38. The van der Waals surface area contributed by atoms with Crippen LogP contribution in [0.25, 0.3) is 0 Å². The minimum Gasteiger partial charge on any atom is -0.379 e. The molecular weight excluding hydrogens is 400 g/mol. The average molecular weight is 433 g/mol. The highest BCUT2D eigenvalue weighted by Crippen LogP contribution is 2.28. The van der Waals surface area contributed by atoms with Gasteiger partial charge in [-0.3, -0.25) is 9.10 Å². The molecule has 0 aliphatic rings. The first kappa shape index (κ1) is 23.9. The zero-order valence-electron chi connectivity index (χ0n) is 18.4. The number of hydrogen-bond acceptors (Lipinski definition) is 4. The van der Waals surface area contributed by atoms with E-state index in [1.165, 1.54) is 4.31 Å². The summed E-state index contributed by atoms with van der Waals surface area (Å²) < 4.78 is 33.5. The van der Waals surface area contributed by atoms with Crippen LogP contribution in [0.4, 0.5) is 5.69 Å². The van der Waals surface area contributed by atoms with Gasteiger partial charge < -0.3 is 10.1 Å². The van der Waals surface area contributed by atoms with E-state index in [-0.39, 0.29) is 23.5 Å². The van der Waals surface area contributed by atoms with E-state index < -0.39 is 10.0 Å². The van der Waals surface area contributed by atoms with Crippen LogP contribution in [-0.2, 0) is 19.6 Å². The molecule has 0 atom stereocenters. The maximum Gasteiger partial charge on any atom is 0.264 e. The summed E-state index contributed by atoms with van der Waals surface area (Å²) in [6.45, 7) is 10.2. The maximum absolute atomic E-state index is 13.4. The molecule has 1 amide bonds. The molecule has 1 N–H and O–H groups in total. The van der Waals surface area contributed by atoms with E-state index in [1.807, 2.05) is 46.8 Å². The number of nitrogens with zero attached hydrogens (tertiary/aromatic N) is 1. The van der Waals surface area contributed by atoms with Gasteiger partial charge in [0.25, 0.3) is 10.0 Å². The number of carbonyl (C=O) groups is 1. The number of hydrogen-bond donors (Lipinski definition) is 1. The monoisotopic (exact) mass is 432 g/mol. The number of aryl methyl sites for hydroxylation is 3. The molecule has 164 valence electrons. The van der Waals surface area contributed by atoms with E-state index in [4.69, 9.17) is 4.74 Å². The normalized spacial score (nSPS) is 11.5. The SMILES string of the molecule is Cc1ccc(S(=O)(=O)N(CC(=O)NCCCOC(C)C)c2cc(C)ccc2C)cc1. The lowest BCUT2D eigenvalue weighted by molar-refractivity contribution is -0.119. The van der Waals surface area contributed by atoms with E-state index in [9.17, 15) is 13.2 Å². The Morgan fingerprint density at radius 2 is 1.67 bits per heavy atom. The number of carbonyl (C=O) groups excluding carboxylic acids is 1. The molecule has 2 aromatic rings. The summed E-state index contributed by atoms with van der Waals surface area (Å²) in [6, 6.07) is 12.2. The maximum atomic E-state index is 13.4. The van der Waals surface area contributed by atoms with Gasteiger partial charge in [0.05, 0.1) is 16.7 Å². The van der Waals surface area contributed by atoms with Gasteiger partial charge in [-0.25, -0.2) is 8.42 Å². The molecule has 30 heavy (non-hydrogen) atoms. The Morgan fingerprint density at radius 1 is 1.03 bits per heavy atom. The van der Waals surface area contributed by atoms with Crippen LogP contribution in [0.2, 0.25) is 0 Å². The first-order valence-corrected chi connectivity index (χ1v) is 11.6. The molecule has 0 saturated heterocycles. The van der Waals surface area contributed by atoms with Crippen molar-refractivity contribution in [2.75, 3.05) is 24.0 Å². The van der Waals surface area contributed by atoms with Crippen LogP contribution < -0.4 is 9.62 Å². The largest absolute Gasteiger partial charge is 0.379 e. The minimum absolute atomic E-state index is 0.139. The van der Waals surface area contributed by atoms with Crippen LogP contribution in [0.5, 0.6) is 0 Å². The molecule has 2 aromatic carbocycles. The highest BCUT2D eigenvalue weighted by molar-refractivity contribution is 7.92. The third kappa shape index (κ3) is 6.57. The van der Waals surface area contributed by atoms with Gasteiger partial charge in [-0.2, -0.15) is 0 Å². The van der Waals surface area contributed by atoms with Crippen LogP contribution in [0, 0.1) is 20.8 Å².